The van der Waals surface area contributed by atoms with Gasteiger partial charge in [-0.05, 0) is 19.4 Å². The van der Waals surface area contributed by atoms with Gasteiger partial charge in [0.05, 0.1) is 6.61 Å². The van der Waals surface area contributed by atoms with Crippen LogP contribution in [0.15, 0.2) is 30.3 Å². The zero-order valence-corrected chi connectivity index (χ0v) is 11.3. The molecule has 1 heterocycles. The first kappa shape index (κ1) is 13.5. The van der Waals surface area contributed by atoms with Gasteiger partial charge in [-0.25, -0.2) is 0 Å². The van der Waals surface area contributed by atoms with E-state index in [1.807, 2.05) is 44.2 Å². The van der Waals surface area contributed by atoms with Crippen molar-refractivity contribution in [3.8, 4) is 0 Å². The second-order valence-corrected chi connectivity index (χ2v) is 4.63. The summed E-state index contributed by atoms with van der Waals surface area (Å²) >= 11 is 0. The Kier molecular flexibility index (Phi) is 3.73. The van der Waals surface area contributed by atoms with Crippen molar-refractivity contribution >= 4 is 0 Å². The Labute approximate surface area is 108 Å². The van der Waals surface area contributed by atoms with Crippen molar-refractivity contribution in [1.29, 1.82) is 0 Å². The normalized spacial score (nSPS) is 36.6. The van der Waals surface area contributed by atoms with Crippen LogP contribution < -0.4 is 0 Å². The molecule has 0 radical (unpaired) electrons. The Balaban J connectivity index is 2.22. The SMILES string of the molecule is CO[C@]1(C)OCC(c2ccccc2)O[C@@]1(C)OC. The minimum atomic E-state index is -0.944. The second kappa shape index (κ2) is 4.97. The van der Waals surface area contributed by atoms with Gasteiger partial charge in [-0.1, -0.05) is 30.3 Å². The van der Waals surface area contributed by atoms with E-state index in [0.717, 1.165) is 5.56 Å². The van der Waals surface area contributed by atoms with Crippen LogP contribution in [0.3, 0.4) is 0 Å². The average molecular weight is 252 g/mol. The number of hydrogen-bond donors (Lipinski definition) is 0. The Morgan fingerprint density at radius 3 is 2.22 bits per heavy atom. The molecule has 1 fully saturated rings. The molecule has 0 aliphatic carbocycles. The summed E-state index contributed by atoms with van der Waals surface area (Å²) in [6.45, 7) is 4.08. The molecule has 0 amide bonds. The monoisotopic (exact) mass is 252 g/mol. The highest BCUT2D eigenvalue weighted by molar-refractivity contribution is 5.18. The molecule has 0 spiro atoms. The minimum absolute atomic E-state index is 0.153. The fourth-order valence-electron chi connectivity index (χ4n) is 2.09. The molecule has 1 saturated heterocycles. The van der Waals surface area contributed by atoms with Gasteiger partial charge in [-0.2, -0.15) is 0 Å². The average Bonchev–Trinajstić information content (AvgIpc) is 2.43. The molecular weight excluding hydrogens is 232 g/mol. The third-order valence-corrected chi connectivity index (χ3v) is 3.65. The van der Waals surface area contributed by atoms with Crippen LogP contribution in [0, 0.1) is 0 Å². The Hall–Kier alpha value is -0.940. The van der Waals surface area contributed by atoms with Crippen LogP contribution in [0.25, 0.3) is 0 Å². The first-order chi connectivity index (χ1) is 8.54. The van der Waals surface area contributed by atoms with Crippen LogP contribution in [-0.2, 0) is 18.9 Å². The zero-order chi connectivity index (χ0) is 13.2. The summed E-state index contributed by atoms with van der Waals surface area (Å²) in [5, 5.41) is 0. The van der Waals surface area contributed by atoms with Gasteiger partial charge in [0.15, 0.2) is 0 Å². The molecular formula is C14H20O4. The molecule has 1 aromatic carbocycles. The van der Waals surface area contributed by atoms with Gasteiger partial charge >= 0.3 is 0 Å². The van der Waals surface area contributed by atoms with E-state index in [2.05, 4.69) is 0 Å². The Morgan fingerprint density at radius 1 is 1.06 bits per heavy atom. The summed E-state index contributed by atoms with van der Waals surface area (Å²) in [6, 6.07) is 9.96. The minimum Gasteiger partial charge on any atom is -0.349 e. The quantitative estimate of drug-likeness (QED) is 0.828. The van der Waals surface area contributed by atoms with Crippen LogP contribution in [0.4, 0.5) is 0 Å². The molecule has 1 aromatic rings. The Morgan fingerprint density at radius 2 is 1.67 bits per heavy atom. The van der Waals surface area contributed by atoms with Crippen molar-refractivity contribution in [3.63, 3.8) is 0 Å². The summed E-state index contributed by atoms with van der Waals surface area (Å²) in [5.41, 5.74) is 1.07. The molecule has 4 heteroatoms. The summed E-state index contributed by atoms with van der Waals surface area (Å²) < 4.78 is 22.7. The lowest BCUT2D eigenvalue weighted by Crippen LogP contribution is -2.60. The summed E-state index contributed by atoms with van der Waals surface area (Å²) in [5.74, 6) is -1.85. The predicted molar refractivity (Wildman–Crippen MR) is 67.0 cm³/mol. The van der Waals surface area contributed by atoms with Crippen molar-refractivity contribution in [1.82, 2.24) is 0 Å². The third-order valence-electron chi connectivity index (χ3n) is 3.65. The number of ether oxygens (including phenoxy) is 4. The van der Waals surface area contributed by atoms with E-state index in [1.165, 1.54) is 0 Å². The summed E-state index contributed by atoms with van der Waals surface area (Å²) in [4.78, 5) is 0. The topological polar surface area (TPSA) is 36.9 Å². The van der Waals surface area contributed by atoms with Gasteiger partial charge in [0.1, 0.15) is 6.10 Å². The maximum Gasteiger partial charge on any atom is 0.220 e. The zero-order valence-electron chi connectivity index (χ0n) is 11.3. The molecule has 4 nitrogen and oxygen atoms in total. The van der Waals surface area contributed by atoms with Gasteiger partial charge in [-0.3, -0.25) is 0 Å². The number of hydrogen-bond acceptors (Lipinski definition) is 4. The van der Waals surface area contributed by atoms with E-state index in [9.17, 15) is 0 Å². The van der Waals surface area contributed by atoms with E-state index in [4.69, 9.17) is 18.9 Å². The third kappa shape index (κ3) is 2.17. The van der Waals surface area contributed by atoms with Crippen LogP contribution >= 0.6 is 0 Å². The molecule has 0 bridgehead atoms. The largest absolute Gasteiger partial charge is 0.349 e. The number of benzene rings is 1. The van der Waals surface area contributed by atoms with Gasteiger partial charge in [0.2, 0.25) is 11.6 Å². The van der Waals surface area contributed by atoms with Crippen molar-refractivity contribution < 1.29 is 18.9 Å². The van der Waals surface area contributed by atoms with E-state index < -0.39 is 11.6 Å². The molecule has 0 aromatic heterocycles. The van der Waals surface area contributed by atoms with Crippen LogP contribution in [0.2, 0.25) is 0 Å². The van der Waals surface area contributed by atoms with Crippen LogP contribution in [-0.4, -0.2) is 32.4 Å². The molecule has 3 atom stereocenters. The number of methoxy groups -OCH3 is 2. The molecule has 0 saturated carbocycles. The van der Waals surface area contributed by atoms with Gasteiger partial charge in [0.25, 0.3) is 0 Å². The van der Waals surface area contributed by atoms with Crippen molar-refractivity contribution in [2.45, 2.75) is 31.5 Å². The van der Waals surface area contributed by atoms with Gasteiger partial charge < -0.3 is 18.9 Å². The van der Waals surface area contributed by atoms with Crippen LogP contribution in [0.1, 0.15) is 25.5 Å². The number of rotatable bonds is 3. The van der Waals surface area contributed by atoms with E-state index in [0.29, 0.717) is 6.61 Å². The summed E-state index contributed by atoms with van der Waals surface area (Å²) in [6.07, 6.45) is -0.153. The molecule has 1 unspecified atom stereocenters. The van der Waals surface area contributed by atoms with E-state index in [1.54, 1.807) is 14.2 Å². The smallest absolute Gasteiger partial charge is 0.220 e. The fraction of sp³-hybridized carbons (Fsp3) is 0.571. The van der Waals surface area contributed by atoms with Crippen LogP contribution in [0.5, 0.6) is 0 Å². The molecule has 100 valence electrons. The maximum atomic E-state index is 6.04. The Bertz CT molecular complexity index is 394. The molecule has 18 heavy (non-hydrogen) atoms. The summed E-state index contributed by atoms with van der Waals surface area (Å²) in [7, 11) is 3.18. The van der Waals surface area contributed by atoms with Crippen molar-refractivity contribution in [3.05, 3.63) is 35.9 Å². The van der Waals surface area contributed by atoms with Gasteiger partial charge in [0, 0.05) is 14.2 Å². The fourth-order valence-corrected chi connectivity index (χ4v) is 2.09. The van der Waals surface area contributed by atoms with Crippen molar-refractivity contribution in [2.24, 2.45) is 0 Å². The lowest BCUT2D eigenvalue weighted by Gasteiger charge is -2.49. The first-order valence-electron chi connectivity index (χ1n) is 6.01. The lowest BCUT2D eigenvalue weighted by molar-refractivity contribution is -0.433. The molecule has 1 aliphatic rings. The molecule has 1 aliphatic heterocycles. The first-order valence-corrected chi connectivity index (χ1v) is 6.01. The highest BCUT2D eigenvalue weighted by Crippen LogP contribution is 2.40. The maximum absolute atomic E-state index is 6.04. The van der Waals surface area contributed by atoms with E-state index >= 15 is 0 Å². The van der Waals surface area contributed by atoms with Crippen molar-refractivity contribution in [2.75, 3.05) is 20.8 Å². The van der Waals surface area contributed by atoms with Gasteiger partial charge in [-0.15, -0.1) is 0 Å². The standard InChI is InChI=1S/C14H20O4/c1-13(15-3)14(2,16-4)18-12(10-17-13)11-8-6-5-7-9-11/h5-9,12H,10H2,1-4H3/t12?,13-,14-/m1/s1. The lowest BCUT2D eigenvalue weighted by atomic mass is 10.0. The molecule has 0 N–H and O–H groups in total. The second-order valence-electron chi connectivity index (χ2n) is 4.63. The highest BCUT2D eigenvalue weighted by Gasteiger charge is 2.53. The molecule has 2 rings (SSSR count). The predicted octanol–water partition coefficient (Wildman–Crippen LogP) is 2.50. The van der Waals surface area contributed by atoms with E-state index in [-0.39, 0.29) is 6.10 Å². The highest BCUT2D eigenvalue weighted by atomic mass is 16.8.